The SMILES string of the molecule is CNCCCC[C@H](NC)C(=O)N(C)[C@@H](Cc1cc(-c2ccc(OCc3ccccc3)c(C[C@H](NC)C(=O)O)c2)ccc1OCc1ccccc1)C(=O)OCc1ccccc1. The van der Waals surface area contributed by atoms with Gasteiger partial charge in [-0.25, -0.2) is 4.79 Å². The van der Waals surface area contributed by atoms with Crippen LogP contribution in [0.4, 0.5) is 0 Å². The third kappa shape index (κ3) is 13.3. The lowest BCUT2D eigenvalue weighted by molar-refractivity contribution is -0.156. The molecule has 1 amide bonds. The van der Waals surface area contributed by atoms with E-state index in [4.69, 9.17) is 14.2 Å². The Balaban J connectivity index is 1.52. The molecule has 0 bridgehead atoms. The third-order valence-corrected chi connectivity index (χ3v) is 10.5. The lowest BCUT2D eigenvalue weighted by atomic mass is 9.95. The molecular weight excluding hydrogens is 757 g/mol. The fourth-order valence-corrected chi connectivity index (χ4v) is 6.97. The molecule has 0 saturated carbocycles. The predicted octanol–water partition coefficient (Wildman–Crippen LogP) is 6.82. The molecule has 0 aromatic heterocycles. The lowest BCUT2D eigenvalue weighted by Crippen LogP contribution is -2.51. The quantitative estimate of drug-likeness (QED) is 0.0388. The van der Waals surface area contributed by atoms with E-state index in [-0.39, 0.29) is 32.0 Å². The molecule has 5 aromatic carbocycles. The van der Waals surface area contributed by atoms with Crippen molar-refractivity contribution >= 4 is 17.8 Å². The molecule has 4 N–H and O–H groups in total. The second-order valence-corrected chi connectivity index (χ2v) is 14.8. The molecular formula is C49H58N4O7. The molecule has 0 aliphatic rings. The maximum absolute atomic E-state index is 14.2. The number of nitrogens with zero attached hydrogens (tertiary/aromatic N) is 1. The molecule has 60 heavy (non-hydrogen) atoms. The highest BCUT2D eigenvalue weighted by molar-refractivity contribution is 5.88. The van der Waals surface area contributed by atoms with Crippen LogP contribution in [-0.4, -0.2) is 80.7 Å². The average Bonchev–Trinajstić information content (AvgIpc) is 3.28. The molecule has 0 aliphatic carbocycles. The van der Waals surface area contributed by atoms with Crippen molar-refractivity contribution in [1.29, 1.82) is 0 Å². The molecule has 0 radical (unpaired) electrons. The molecule has 5 aromatic rings. The van der Waals surface area contributed by atoms with Gasteiger partial charge in [-0.05, 0) is 104 Å². The van der Waals surface area contributed by atoms with Crippen molar-refractivity contribution in [2.24, 2.45) is 0 Å². The summed E-state index contributed by atoms with van der Waals surface area (Å²) in [5, 5.41) is 19.2. The number of hydrogen-bond donors (Lipinski definition) is 4. The fourth-order valence-electron chi connectivity index (χ4n) is 6.97. The molecule has 0 fully saturated rings. The monoisotopic (exact) mass is 814 g/mol. The van der Waals surface area contributed by atoms with Gasteiger partial charge in [-0.3, -0.25) is 9.59 Å². The number of esters is 1. The van der Waals surface area contributed by atoms with Gasteiger partial charge in [0.15, 0.2) is 0 Å². The summed E-state index contributed by atoms with van der Waals surface area (Å²) in [6.07, 6.45) is 2.64. The number of carboxylic acid groups (broad SMARTS) is 1. The summed E-state index contributed by atoms with van der Waals surface area (Å²) in [5.74, 6) is -0.571. The Morgan fingerprint density at radius 1 is 0.617 bits per heavy atom. The summed E-state index contributed by atoms with van der Waals surface area (Å²) in [6.45, 7) is 1.51. The predicted molar refractivity (Wildman–Crippen MR) is 235 cm³/mol. The summed E-state index contributed by atoms with van der Waals surface area (Å²) in [5.41, 5.74) is 5.84. The van der Waals surface area contributed by atoms with E-state index in [0.717, 1.165) is 52.8 Å². The minimum absolute atomic E-state index is 0.0561. The topological polar surface area (TPSA) is 138 Å². The number of unbranched alkanes of at least 4 members (excludes halogenated alkanes) is 1. The summed E-state index contributed by atoms with van der Waals surface area (Å²) in [7, 11) is 6.95. The highest BCUT2D eigenvalue weighted by Gasteiger charge is 2.33. The van der Waals surface area contributed by atoms with E-state index in [0.29, 0.717) is 30.1 Å². The van der Waals surface area contributed by atoms with Gasteiger partial charge in [0.2, 0.25) is 5.91 Å². The van der Waals surface area contributed by atoms with Crippen molar-refractivity contribution in [2.75, 3.05) is 34.7 Å². The number of carbonyl (C=O) groups is 3. The van der Waals surface area contributed by atoms with Crippen LogP contribution in [-0.2, 0) is 51.8 Å². The molecule has 3 atom stereocenters. The van der Waals surface area contributed by atoms with E-state index >= 15 is 0 Å². The van der Waals surface area contributed by atoms with Gasteiger partial charge in [-0.15, -0.1) is 0 Å². The Morgan fingerprint density at radius 2 is 1.10 bits per heavy atom. The van der Waals surface area contributed by atoms with Crippen molar-refractivity contribution < 1.29 is 33.7 Å². The Kier molecular flexibility index (Phi) is 17.7. The Morgan fingerprint density at radius 3 is 1.57 bits per heavy atom. The van der Waals surface area contributed by atoms with Crippen molar-refractivity contribution in [3.63, 3.8) is 0 Å². The van der Waals surface area contributed by atoms with E-state index in [1.165, 1.54) is 4.90 Å². The number of carbonyl (C=O) groups excluding carboxylic acids is 2. The van der Waals surface area contributed by atoms with E-state index < -0.39 is 30.1 Å². The Labute approximate surface area is 354 Å². The van der Waals surface area contributed by atoms with Crippen LogP contribution < -0.4 is 25.4 Å². The summed E-state index contributed by atoms with van der Waals surface area (Å²) >= 11 is 0. The van der Waals surface area contributed by atoms with Crippen LogP contribution in [0.3, 0.4) is 0 Å². The zero-order valence-corrected chi connectivity index (χ0v) is 35.1. The van der Waals surface area contributed by atoms with Crippen LogP contribution in [0.5, 0.6) is 11.5 Å². The Hall–Kier alpha value is -6.01. The molecule has 0 heterocycles. The van der Waals surface area contributed by atoms with Gasteiger partial charge >= 0.3 is 11.9 Å². The van der Waals surface area contributed by atoms with E-state index in [1.54, 1.807) is 21.1 Å². The minimum Gasteiger partial charge on any atom is -0.489 e. The zero-order chi connectivity index (χ0) is 42.7. The first-order chi connectivity index (χ1) is 29.2. The summed E-state index contributed by atoms with van der Waals surface area (Å²) < 4.78 is 18.6. The first-order valence-electron chi connectivity index (χ1n) is 20.5. The largest absolute Gasteiger partial charge is 0.489 e. The molecule has 11 nitrogen and oxygen atoms in total. The lowest BCUT2D eigenvalue weighted by Gasteiger charge is -2.30. The normalized spacial score (nSPS) is 12.5. The van der Waals surface area contributed by atoms with Crippen molar-refractivity contribution in [2.45, 2.75) is 70.1 Å². The van der Waals surface area contributed by atoms with Gasteiger partial charge in [-0.1, -0.05) is 110 Å². The van der Waals surface area contributed by atoms with Gasteiger partial charge in [-0.2, -0.15) is 0 Å². The average molecular weight is 815 g/mol. The van der Waals surface area contributed by atoms with Crippen LogP contribution in [0.15, 0.2) is 127 Å². The van der Waals surface area contributed by atoms with E-state index in [2.05, 4.69) is 16.0 Å². The van der Waals surface area contributed by atoms with Crippen LogP contribution >= 0.6 is 0 Å². The molecule has 0 unspecified atom stereocenters. The Bertz CT molecular complexity index is 2100. The standard InChI is InChI=1S/C49H58N4O7/c1-50-27-15-14-22-42(51-2)47(54)53(4)44(49(57)60-34-37-20-12-7-13-21-37)31-41-29-39(24-26-46(41)59-33-36-18-10-6-11-19-36)38-23-25-45(58-32-35-16-8-5-9-17-35)40(28-38)30-43(52-3)48(55)56/h5-13,16-21,23-26,28-29,42-44,50-52H,14-15,22,27,30-34H2,1-4H3,(H,55,56)/t42-,43-,44-/m0/s1. The number of ether oxygens (including phenoxy) is 3. The first kappa shape index (κ1) is 45.1. The summed E-state index contributed by atoms with van der Waals surface area (Å²) in [4.78, 5) is 42.0. The molecule has 11 heteroatoms. The number of rotatable bonds is 24. The smallest absolute Gasteiger partial charge is 0.329 e. The van der Waals surface area contributed by atoms with Crippen molar-refractivity contribution in [3.8, 4) is 22.6 Å². The van der Waals surface area contributed by atoms with Crippen LogP contribution in [0.1, 0.15) is 47.1 Å². The van der Waals surface area contributed by atoms with E-state index in [9.17, 15) is 19.5 Å². The highest BCUT2D eigenvalue weighted by Crippen LogP contribution is 2.33. The highest BCUT2D eigenvalue weighted by atomic mass is 16.5. The molecule has 0 aliphatic heterocycles. The minimum atomic E-state index is -0.986. The molecule has 5 rings (SSSR count). The van der Waals surface area contributed by atoms with Crippen LogP contribution in [0.25, 0.3) is 11.1 Å². The van der Waals surface area contributed by atoms with Gasteiger partial charge in [0.1, 0.15) is 43.4 Å². The third-order valence-electron chi connectivity index (χ3n) is 10.5. The van der Waals surface area contributed by atoms with Crippen molar-refractivity contribution in [1.82, 2.24) is 20.9 Å². The maximum Gasteiger partial charge on any atom is 0.329 e. The van der Waals surface area contributed by atoms with Gasteiger partial charge in [0.05, 0.1) is 6.04 Å². The van der Waals surface area contributed by atoms with Crippen molar-refractivity contribution in [3.05, 3.63) is 155 Å². The van der Waals surface area contributed by atoms with Crippen LogP contribution in [0.2, 0.25) is 0 Å². The maximum atomic E-state index is 14.2. The molecule has 0 saturated heterocycles. The van der Waals surface area contributed by atoms with Gasteiger partial charge in [0, 0.05) is 19.9 Å². The summed E-state index contributed by atoms with van der Waals surface area (Å²) in [6, 6.07) is 38.3. The van der Waals surface area contributed by atoms with E-state index in [1.807, 2.05) is 134 Å². The molecule has 0 spiro atoms. The second-order valence-electron chi connectivity index (χ2n) is 14.8. The fraction of sp³-hybridized carbons (Fsp3) is 0.327. The number of likely N-dealkylation sites (N-methyl/N-ethyl adjacent to an activating group) is 3. The number of benzene rings is 5. The molecule has 316 valence electrons. The van der Waals surface area contributed by atoms with Gasteiger partial charge in [0.25, 0.3) is 0 Å². The number of aliphatic carboxylic acids is 1. The first-order valence-corrected chi connectivity index (χ1v) is 20.5. The number of carboxylic acids is 1. The number of amides is 1. The second kappa shape index (κ2) is 23.5. The van der Waals surface area contributed by atoms with Crippen LogP contribution in [0, 0.1) is 0 Å². The van der Waals surface area contributed by atoms with Gasteiger partial charge < -0.3 is 40.2 Å². The number of nitrogens with one attached hydrogen (secondary N) is 3. The number of hydrogen-bond acceptors (Lipinski definition) is 9. The zero-order valence-electron chi connectivity index (χ0n) is 35.1.